The maximum atomic E-state index is 12.9. The van der Waals surface area contributed by atoms with E-state index in [4.69, 9.17) is 16.6 Å². The van der Waals surface area contributed by atoms with Gasteiger partial charge in [-0.05, 0) is 41.7 Å². The summed E-state index contributed by atoms with van der Waals surface area (Å²) in [5.74, 6) is -2.85. The number of amides is 1. The van der Waals surface area contributed by atoms with Crippen LogP contribution >= 0.6 is 0 Å². The van der Waals surface area contributed by atoms with Crippen LogP contribution in [0.25, 0.3) is 21.9 Å². The van der Waals surface area contributed by atoms with Gasteiger partial charge in [0, 0.05) is 12.0 Å². The number of carbonyl (C=O) groups is 3. The Labute approximate surface area is 204 Å². The number of nitrogen functional groups attached to an aromatic ring is 2. The van der Waals surface area contributed by atoms with E-state index in [1.807, 2.05) is 12.1 Å². The Morgan fingerprint density at radius 1 is 0.944 bits per heavy atom. The smallest absolute Gasteiger partial charge is 0.326 e. The fourth-order valence-corrected chi connectivity index (χ4v) is 3.90. The minimum absolute atomic E-state index is 0.0224. The van der Waals surface area contributed by atoms with Crippen LogP contribution in [-0.4, -0.2) is 54.0 Å². The van der Waals surface area contributed by atoms with Crippen LogP contribution in [0.1, 0.15) is 34.5 Å². The summed E-state index contributed by atoms with van der Waals surface area (Å²) in [6.45, 7) is 0. The second kappa shape index (κ2) is 10.2. The molecule has 7 N–H and O–H groups in total. The predicted octanol–water partition coefficient (Wildman–Crippen LogP) is 1.57. The minimum atomic E-state index is -1.31. The molecule has 0 saturated heterocycles. The molecule has 2 aromatic heterocycles. The highest BCUT2D eigenvalue weighted by atomic mass is 16.4. The summed E-state index contributed by atoms with van der Waals surface area (Å²) >= 11 is 0. The number of carboxylic acid groups (broad SMARTS) is 2. The fraction of sp³-hybridized carbons (Fsp3) is 0.208. The number of fused-ring (bicyclic) bond motifs is 2. The summed E-state index contributed by atoms with van der Waals surface area (Å²) in [7, 11) is 0. The average molecular weight is 489 g/mol. The van der Waals surface area contributed by atoms with Gasteiger partial charge in [0.05, 0.1) is 11.9 Å². The van der Waals surface area contributed by atoms with Gasteiger partial charge in [0.15, 0.2) is 17.0 Å². The van der Waals surface area contributed by atoms with E-state index in [1.165, 1.54) is 0 Å². The third kappa shape index (κ3) is 5.27. The number of nitrogens with two attached hydrogens (primary N) is 2. The van der Waals surface area contributed by atoms with Crippen molar-refractivity contribution in [2.45, 2.75) is 31.7 Å². The molecule has 2 aromatic carbocycles. The van der Waals surface area contributed by atoms with Crippen LogP contribution < -0.4 is 16.8 Å². The zero-order valence-electron chi connectivity index (χ0n) is 19.0. The summed E-state index contributed by atoms with van der Waals surface area (Å²) in [6.07, 6.45) is 2.11. The van der Waals surface area contributed by atoms with Gasteiger partial charge in [-0.2, -0.15) is 9.97 Å². The van der Waals surface area contributed by atoms with Gasteiger partial charge in [-0.1, -0.05) is 30.3 Å². The number of nitrogens with zero attached hydrogens (tertiary/aromatic N) is 4. The second-order valence-electron chi connectivity index (χ2n) is 8.12. The van der Waals surface area contributed by atoms with Gasteiger partial charge in [-0.15, -0.1) is 0 Å². The molecule has 1 amide bonds. The summed E-state index contributed by atoms with van der Waals surface area (Å²) in [5.41, 5.74) is 14.1. The second-order valence-corrected chi connectivity index (χ2v) is 8.12. The molecule has 0 unspecified atom stereocenters. The van der Waals surface area contributed by atoms with E-state index in [0.29, 0.717) is 40.6 Å². The van der Waals surface area contributed by atoms with Crippen LogP contribution in [0.2, 0.25) is 0 Å². The Balaban J connectivity index is 1.57. The first kappa shape index (κ1) is 24.3. The molecule has 0 spiro atoms. The number of aromatic nitrogens is 4. The molecule has 4 aromatic rings. The number of benzene rings is 2. The molecule has 0 bridgehead atoms. The lowest BCUT2D eigenvalue weighted by Gasteiger charge is -2.16. The van der Waals surface area contributed by atoms with Crippen molar-refractivity contribution in [3.05, 3.63) is 59.4 Å². The molecular formula is C24H23N7O5. The number of rotatable bonds is 9. The van der Waals surface area contributed by atoms with Crippen molar-refractivity contribution in [1.29, 1.82) is 0 Å². The first-order chi connectivity index (χ1) is 17.2. The number of carboxylic acids is 2. The molecule has 36 heavy (non-hydrogen) atoms. The first-order valence-electron chi connectivity index (χ1n) is 11.0. The zero-order valence-corrected chi connectivity index (χ0v) is 19.0. The number of anilines is 2. The lowest BCUT2D eigenvalue weighted by Crippen LogP contribution is -2.41. The van der Waals surface area contributed by atoms with Crippen molar-refractivity contribution in [2.75, 3.05) is 11.5 Å². The van der Waals surface area contributed by atoms with Gasteiger partial charge >= 0.3 is 11.9 Å². The van der Waals surface area contributed by atoms with E-state index in [0.717, 1.165) is 10.9 Å². The molecular weight excluding hydrogens is 466 g/mol. The number of carbonyl (C=O) groups excluding carboxylic acids is 1. The summed E-state index contributed by atoms with van der Waals surface area (Å²) in [5, 5.41) is 22.1. The van der Waals surface area contributed by atoms with E-state index in [-0.39, 0.29) is 24.6 Å². The van der Waals surface area contributed by atoms with E-state index in [9.17, 15) is 19.5 Å². The Morgan fingerprint density at radius 3 is 2.42 bits per heavy atom. The van der Waals surface area contributed by atoms with Gasteiger partial charge in [-0.25, -0.2) is 14.8 Å². The van der Waals surface area contributed by atoms with E-state index in [1.54, 1.807) is 30.5 Å². The fourth-order valence-electron chi connectivity index (χ4n) is 3.90. The van der Waals surface area contributed by atoms with Crippen LogP contribution in [0, 0.1) is 0 Å². The van der Waals surface area contributed by atoms with Gasteiger partial charge in [0.25, 0.3) is 5.91 Å². The molecule has 0 saturated carbocycles. The highest BCUT2D eigenvalue weighted by Gasteiger charge is 2.23. The van der Waals surface area contributed by atoms with Crippen molar-refractivity contribution in [3.63, 3.8) is 0 Å². The summed E-state index contributed by atoms with van der Waals surface area (Å²) in [6, 6.07) is 9.40. The third-order valence-electron chi connectivity index (χ3n) is 5.66. The maximum absolute atomic E-state index is 12.9. The molecule has 12 nitrogen and oxygen atoms in total. The van der Waals surface area contributed by atoms with Gasteiger partial charge < -0.3 is 27.0 Å². The van der Waals surface area contributed by atoms with Gasteiger partial charge in [0.2, 0.25) is 5.95 Å². The van der Waals surface area contributed by atoms with Crippen molar-refractivity contribution in [1.82, 2.24) is 25.3 Å². The zero-order chi connectivity index (χ0) is 25.8. The highest BCUT2D eigenvalue weighted by Crippen LogP contribution is 2.25. The lowest BCUT2D eigenvalue weighted by molar-refractivity contribution is -0.140. The molecule has 184 valence electrons. The normalized spacial score (nSPS) is 11.9. The quantitative estimate of drug-likeness (QED) is 0.228. The molecule has 0 fully saturated rings. The molecule has 0 aliphatic carbocycles. The van der Waals surface area contributed by atoms with Crippen molar-refractivity contribution in [2.24, 2.45) is 0 Å². The predicted molar refractivity (Wildman–Crippen MR) is 131 cm³/mol. The van der Waals surface area contributed by atoms with Gasteiger partial charge in [0.1, 0.15) is 6.04 Å². The molecule has 0 aliphatic rings. The largest absolute Gasteiger partial charge is 0.481 e. The number of aryl methyl sites for hydroxylation is 2. The topological polar surface area (TPSA) is 207 Å². The van der Waals surface area contributed by atoms with Crippen molar-refractivity contribution < 1.29 is 24.6 Å². The Hall–Kier alpha value is -4.87. The number of hydrogen-bond donors (Lipinski definition) is 5. The molecule has 12 heteroatoms. The van der Waals surface area contributed by atoms with Crippen molar-refractivity contribution >= 4 is 51.5 Å². The summed E-state index contributed by atoms with van der Waals surface area (Å²) in [4.78, 5) is 52.0. The van der Waals surface area contributed by atoms with Crippen LogP contribution in [0.3, 0.4) is 0 Å². The SMILES string of the molecule is Nc1nc(N)c2nc(CCc3ccc(C(=O)N[C@@H](CCC(=O)O)C(=O)O)c4ccccc34)cnc2n1. The van der Waals surface area contributed by atoms with E-state index < -0.39 is 23.9 Å². The molecule has 4 rings (SSSR count). The average Bonchev–Trinajstić information content (AvgIpc) is 2.84. The monoisotopic (exact) mass is 489 g/mol. The van der Waals surface area contributed by atoms with Crippen LogP contribution in [0.4, 0.5) is 11.8 Å². The van der Waals surface area contributed by atoms with Crippen molar-refractivity contribution in [3.8, 4) is 0 Å². The lowest BCUT2D eigenvalue weighted by atomic mass is 9.96. The minimum Gasteiger partial charge on any atom is -0.481 e. The molecule has 0 aliphatic heterocycles. The van der Waals surface area contributed by atoms with E-state index in [2.05, 4.69) is 25.3 Å². The highest BCUT2D eigenvalue weighted by molar-refractivity contribution is 6.08. The number of nitrogens with one attached hydrogen (secondary N) is 1. The van der Waals surface area contributed by atoms with Crippen LogP contribution in [0.5, 0.6) is 0 Å². The first-order valence-corrected chi connectivity index (χ1v) is 11.0. The van der Waals surface area contributed by atoms with E-state index >= 15 is 0 Å². The Bertz CT molecular complexity index is 1490. The van der Waals surface area contributed by atoms with Crippen LogP contribution in [0.15, 0.2) is 42.6 Å². The third-order valence-corrected chi connectivity index (χ3v) is 5.66. The maximum Gasteiger partial charge on any atom is 0.326 e. The molecule has 1 atom stereocenters. The number of aliphatic carboxylic acids is 2. The standard InChI is InChI=1S/C24H23N7O5/c25-20-19-21(31-24(26)30-20)27-11-13(28-19)7-5-12-6-8-16(15-4-2-1-3-14(12)15)22(34)29-17(23(35)36)9-10-18(32)33/h1-4,6,8,11,17H,5,7,9-10H2,(H,29,34)(H,32,33)(H,35,36)(H4,25,26,27,30,31)/t17-/m0/s1. The molecule has 2 heterocycles. The van der Waals surface area contributed by atoms with Crippen LogP contribution in [-0.2, 0) is 22.4 Å². The molecule has 0 radical (unpaired) electrons. The van der Waals surface area contributed by atoms with Gasteiger partial charge in [-0.3, -0.25) is 9.59 Å². The number of hydrogen-bond acceptors (Lipinski definition) is 9. The summed E-state index contributed by atoms with van der Waals surface area (Å²) < 4.78 is 0. The Kier molecular flexibility index (Phi) is 6.86. The Morgan fingerprint density at radius 2 is 1.69 bits per heavy atom.